The average molecular weight is 324 g/mol. The highest BCUT2D eigenvalue weighted by Gasteiger charge is 2.42. The van der Waals surface area contributed by atoms with Gasteiger partial charge in [-0.05, 0) is 67.6 Å². The predicted octanol–water partition coefficient (Wildman–Crippen LogP) is 3.99. The summed E-state index contributed by atoms with van der Waals surface area (Å²) in [5, 5.41) is 9.11. The molecular weight excluding hydrogens is 303 g/mol. The molecule has 0 radical (unpaired) electrons. The van der Waals surface area contributed by atoms with Crippen LogP contribution in [-0.4, -0.2) is 5.54 Å². The van der Waals surface area contributed by atoms with Crippen molar-refractivity contribution in [1.82, 2.24) is 0 Å². The minimum atomic E-state index is -0.645. The van der Waals surface area contributed by atoms with Gasteiger partial charge in [0.15, 0.2) is 0 Å². The quantitative estimate of drug-likeness (QED) is 0.925. The minimum Gasteiger partial charge on any atom is -0.361 e. The molecule has 2 aromatic rings. The van der Waals surface area contributed by atoms with E-state index in [4.69, 9.17) is 15.7 Å². The molecule has 0 aliphatic carbocycles. The van der Waals surface area contributed by atoms with Gasteiger partial charge in [-0.2, -0.15) is 5.26 Å². The van der Waals surface area contributed by atoms with Crippen molar-refractivity contribution < 1.29 is 9.13 Å². The van der Waals surface area contributed by atoms with Gasteiger partial charge in [0, 0.05) is 5.54 Å². The van der Waals surface area contributed by atoms with E-state index in [1.54, 1.807) is 18.2 Å². The molecule has 3 nitrogen and oxygen atoms in total. The van der Waals surface area contributed by atoms with Crippen LogP contribution < -0.4 is 5.73 Å². The van der Waals surface area contributed by atoms with Crippen molar-refractivity contribution in [2.24, 2.45) is 5.73 Å². The lowest BCUT2D eigenvalue weighted by Crippen LogP contribution is -2.36. The number of halogens is 1. The summed E-state index contributed by atoms with van der Waals surface area (Å²) in [6.07, 6.45) is 1.45. The average Bonchev–Trinajstić information content (AvgIpc) is 2.92. The molecule has 0 amide bonds. The van der Waals surface area contributed by atoms with E-state index >= 15 is 0 Å². The molecule has 1 aliphatic rings. The third-order valence-electron chi connectivity index (χ3n) is 4.58. The number of nitrogens with two attached hydrogens (primary N) is 1. The lowest BCUT2D eigenvalue weighted by molar-refractivity contribution is -0.0161. The molecule has 3 rings (SSSR count). The number of ether oxygens (including phenoxy) is 1. The summed E-state index contributed by atoms with van der Waals surface area (Å²) >= 11 is 0. The summed E-state index contributed by atoms with van der Waals surface area (Å²) in [5.74, 6) is -0.272. The summed E-state index contributed by atoms with van der Waals surface area (Å²) < 4.78 is 19.6. The number of benzene rings is 2. The third-order valence-corrected chi connectivity index (χ3v) is 4.58. The van der Waals surface area contributed by atoms with Crippen LogP contribution in [0.1, 0.15) is 48.9 Å². The molecule has 1 heterocycles. The van der Waals surface area contributed by atoms with E-state index in [1.807, 2.05) is 26.0 Å². The van der Waals surface area contributed by atoms with Crippen LogP contribution in [0.25, 0.3) is 0 Å². The largest absolute Gasteiger partial charge is 0.361 e. The van der Waals surface area contributed by atoms with Crippen LogP contribution in [0.5, 0.6) is 0 Å². The fraction of sp³-hybridized carbons (Fsp3) is 0.350. The number of fused-ring (bicyclic) bond motifs is 1. The van der Waals surface area contributed by atoms with Crippen LogP contribution in [-0.2, 0) is 16.9 Å². The molecule has 0 saturated carbocycles. The highest BCUT2D eigenvalue weighted by atomic mass is 19.1. The lowest BCUT2D eigenvalue weighted by atomic mass is 9.79. The first kappa shape index (κ1) is 16.6. The standard InChI is InChI=1S/C20H21FN2O/c1-19(2,23)9-10-20(16-4-6-17(21)7-5-16)18-8-3-14(12-22)11-15(18)13-24-20/h3-8,11H,9-10,13,23H2,1-2H3. The van der Waals surface area contributed by atoms with Crippen molar-refractivity contribution in [3.05, 3.63) is 70.5 Å². The van der Waals surface area contributed by atoms with Crippen molar-refractivity contribution in [1.29, 1.82) is 5.26 Å². The molecule has 0 aromatic heterocycles. The van der Waals surface area contributed by atoms with E-state index < -0.39 is 5.60 Å². The van der Waals surface area contributed by atoms with E-state index in [2.05, 4.69) is 6.07 Å². The second kappa shape index (κ2) is 6.01. The maximum atomic E-state index is 13.4. The summed E-state index contributed by atoms with van der Waals surface area (Å²) in [7, 11) is 0. The molecule has 24 heavy (non-hydrogen) atoms. The van der Waals surface area contributed by atoms with Crippen molar-refractivity contribution in [3.8, 4) is 6.07 Å². The monoisotopic (exact) mass is 324 g/mol. The molecular formula is C20H21FN2O. The Morgan fingerprint density at radius 1 is 1.25 bits per heavy atom. The van der Waals surface area contributed by atoms with Gasteiger partial charge in [-0.3, -0.25) is 0 Å². The van der Waals surface area contributed by atoms with Gasteiger partial charge in [-0.25, -0.2) is 4.39 Å². The predicted molar refractivity (Wildman–Crippen MR) is 90.6 cm³/mol. The second-order valence-electron chi connectivity index (χ2n) is 7.09. The fourth-order valence-corrected chi connectivity index (χ4v) is 3.26. The Labute approximate surface area is 141 Å². The maximum absolute atomic E-state index is 13.4. The fourth-order valence-electron chi connectivity index (χ4n) is 3.26. The molecule has 0 fully saturated rings. The van der Waals surface area contributed by atoms with Gasteiger partial charge >= 0.3 is 0 Å². The van der Waals surface area contributed by atoms with Gasteiger partial charge in [-0.15, -0.1) is 0 Å². The zero-order valence-corrected chi connectivity index (χ0v) is 14.0. The lowest BCUT2D eigenvalue weighted by Gasteiger charge is -2.33. The van der Waals surface area contributed by atoms with Crippen LogP contribution in [0.4, 0.5) is 4.39 Å². The zero-order valence-electron chi connectivity index (χ0n) is 14.0. The molecule has 0 saturated heterocycles. The van der Waals surface area contributed by atoms with Crippen molar-refractivity contribution in [2.45, 2.75) is 44.4 Å². The molecule has 0 spiro atoms. The van der Waals surface area contributed by atoms with Gasteiger partial charge in [0.1, 0.15) is 11.4 Å². The third kappa shape index (κ3) is 3.06. The van der Waals surface area contributed by atoms with Crippen LogP contribution in [0.2, 0.25) is 0 Å². The van der Waals surface area contributed by atoms with Crippen LogP contribution in [0, 0.1) is 17.1 Å². The molecule has 1 unspecified atom stereocenters. The number of nitrogens with zero attached hydrogens (tertiary/aromatic N) is 1. The van der Waals surface area contributed by atoms with E-state index in [0.717, 1.165) is 23.1 Å². The Morgan fingerprint density at radius 2 is 1.96 bits per heavy atom. The van der Waals surface area contributed by atoms with E-state index in [-0.39, 0.29) is 11.4 Å². The normalized spacial score (nSPS) is 19.8. The smallest absolute Gasteiger partial charge is 0.123 e. The van der Waals surface area contributed by atoms with Gasteiger partial charge < -0.3 is 10.5 Å². The SMILES string of the molecule is CC(C)(N)CCC1(c2ccc(F)cc2)OCc2cc(C#N)ccc21. The van der Waals surface area contributed by atoms with Crippen molar-refractivity contribution in [3.63, 3.8) is 0 Å². The van der Waals surface area contributed by atoms with Crippen LogP contribution >= 0.6 is 0 Å². The van der Waals surface area contributed by atoms with Gasteiger partial charge in [-0.1, -0.05) is 18.2 Å². The topological polar surface area (TPSA) is 59.0 Å². The minimum absolute atomic E-state index is 0.272. The number of hydrogen-bond acceptors (Lipinski definition) is 3. The van der Waals surface area contributed by atoms with Gasteiger partial charge in [0.25, 0.3) is 0 Å². The highest BCUT2D eigenvalue weighted by molar-refractivity contribution is 5.48. The Kier molecular flexibility index (Phi) is 4.16. The van der Waals surface area contributed by atoms with E-state index in [0.29, 0.717) is 18.6 Å². The van der Waals surface area contributed by atoms with E-state index in [1.165, 1.54) is 12.1 Å². The van der Waals surface area contributed by atoms with E-state index in [9.17, 15) is 4.39 Å². The Hall–Kier alpha value is -2.22. The van der Waals surface area contributed by atoms with Crippen molar-refractivity contribution >= 4 is 0 Å². The molecule has 4 heteroatoms. The highest BCUT2D eigenvalue weighted by Crippen LogP contribution is 2.46. The molecule has 2 N–H and O–H groups in total. The van der Waals surface area contributed by atoms with Crippen LogP contribution in [0.15, 0.2) is 42.5 Å². The summed E-state index contributed by atoms with van der Waals surface area (Å²) in [6.45, 7) is 4.41. The molecule has 1 aliphatic heterocycles. The first-order chi connectivity index (χ1) is 11.3. The van der Waals surface area contributed by atoms with Crippen molar-refractivity contribution in [2.75, 3.05) is 0 Å². The Balaban J connectivity index is 2.09. The molecule has 1 atom stereocenters. The summed E-state index contributed by atoms with van der Waals surface area (Å²) in [6, 6.07) is 14.2. The number of hydrogen-bond donors (Lipinski definition) is 1. The molecule has 0 bridgehead atoms. The molecule has 2 aromatic carbocycles. The first-order valence-corrected chi connectivity index (χ1v) is 8.06. The van der Waals surface area contributed by atoms with Gasteiger partial charge in [0.2, 0.25) is 0 Å². The van der Waals surface area contributed by atoms with Gasteiger partial charge in [0.05, 0.1) is 18.2 Å². The summed E-state index contributed by atoms with van der Waals surface area (Å²) in [4.78, 5) is 0. The maximum Gasteiger partial charge on any atom is 0.123 e. The number of nitriles is 1. The summed E-state index contributed by atoms with van der Waals surface area (Å²) in [5.41, 5.74) is 8.79. The number of rotatable bonds is 4. The Bertz CT molecular complexity index is 787. The molecule has 124 valence electrons. The Morgan fingerprint density at radius 3 is 2.58 bits per heavy atom. The second-order valence-corrected chi connectivity index (χ2v) is 7.09. The zero-order chi connectivity index (χ0) is 17.4. The first-order valence-electron chi connectivity index (χ1n) is 8.06. The van der Waals surface area contributed by atoms with Crippen LogP contribution in [0.3, 0.4) is 0 Å².